The van der Waals surface area contributed by atoms with Crippen LogP contribution in [0.2, 0.25) is 0 Å². The SMILES string of the molecule is CCCCCC=CCC=CCCCCCCCC(CO)OCC. The van der Waals surface area contributed by atoms with Gasteiger partial charge in [-0.25, -0.2) is 0 Å². The summed E-state index contributed by atoms with van der Waals surface area (Å²) in [4.78, 5) is 0. The van der Waals surface area contributed by atoms with Gasteiger partial charge in [-0.05, 0) is 45.4 Å². The molecule has 0 aromatic rings. The lowest BCUT2D eigenvalue weighted by atomic mass is 10.1. The fourth-order valence-electron chi connectivity index (χ4n) is 2.65. The highest BCUT2D eigenvalue weighted by Gasteiger charge is 2.05. The molecule has 1 unspecified atom stereocenters. The zero-order valence-electron chi connectivity index (χ0n) is 15.6. The van der Waals surface area contributed by atoms with Crippen LogP contribution in [0.5, 0.6) is 0 Å². The number of aliphatic hydroxyl groups is 1. The Bertz CT molecular complexity index is 271. The second kappa shape index (κ2) is 19.4. The van der Waals surface area contributed by atoms with Gasteiger partial charge in [-0.2, -0.15) is 0 Å². The van der Waals surface area contributed by atoms with E-state index in [1.165, 1.54) is 64.2 Å². The third-order valence-corrected chi connectivity index (χ3v) is 4.08. The average molecular weight is 325 g/mol. The van der Waals surface area contributed by atoms with Gasteiger partial charge in [0.05, 0.1) is 12.7 Å². The molecular formula is C21H40O2. The highest BCUT2D eigenvalue weighted by Crippen LogP contribution is 2.10. The molecule has 2 nitrogen and oxygen atoms in total. The number of allylic oxidation sites excluding steroid dienone is 4. The van der Waals surface area contributed by atoms with E-state index in [1.54, 1.807) is 0 Å². The molecule has 0 bridgehead atoms. The summed E-state index contributed by atoms with van der Waals surface area (Å²) in [5, 5.41) is 9.13. The lowest BCUT2D eigenvalue weighted by molar-refractivity contribution is 0.0136. The Hall–Kier alpha value is -0.600. The predicted molar refractivity (Wildman–Crippen MR) is 102 cm³/mol. The van der Waals surface area contributed by atoms with Gasteiger partial charge < -0.3 is 9.84 Å². The van der Waals surface area contributed by atoms with E-state index in [9.17, 15) is 0 Å². The number of aliphatic hydroxyl groups excluding tert-OH is 1. The first-order chi connectivity index (χ1) is 11.3. The summed E-state index contributed by atoms with van der Waals surface area (Å²) >= 11 is 0. The van der Waals surface area contributed by atoms with Crippen LogP contribution in [0.4, 0.5) is 0 Å². The molecule has 0 radical (unpaired) electrons. The fourth-order valence-corrected chi connectivity index (χ4v) is 2.65. The van der Waals surface area contributed by atoms with E-state index in [2.05, 4.69) is 31.2 Å². The van der Waals surface area contributed by atoms with E-state index in [0.717, 1.165) is 12.8 Å². The van der Waals surface area contributed by atoms with Crippen molar-refractivity contribution in [3.63, 3.8) is 0 Å². The maximum Gasteiger partial charge on any atom is 0.0805 e. The van der Waals surface area contributed by atoms with Crippen LogP contribution in [-0.2, 0) is 4.74 Å². The van der Waals surface area contributed by atoms with Crippen molar-refractivity contribution in [2.75, 3.05) is 13.2 Å². The van der Waals surface area contributed by atoms with Crippen molar-refractivity contribution >= 4 is 0 Å². The molecule has 0 spiro atoms. The fraction of sp³-hybridized carbons (Fsp3) is 0.810. The van der Waals surface area contributed by atoms with E-state index in [-0.39, 0.29) is 12.7 Å². The molecule has 0 heterocycles. The summed E-state index contributed by atoms with van der Waals surface area (Å²) < 4.78 is 5.45. The molecule has 0 rings (SSSR count). The minimum absolute atomic E-state index is 0.0537. The second-order valence-electron chi connectivity index (χ2n) is 6.28. The topological polar surface area (TPSA) is 29.5 Å². The molecule has 1 N–H and O–H groups in total. The number of hydrogen-bond acceptors (Lipinski definition) is 2. The largest absolute Gasteiger partial charge is 0.394 e. The van der Waals surface area contributed by atoms with Crippen molar-refractivity contribution < 1.29 is 9.84 Å². The van der Waals surface area contributed by atoms with Crippen LogP contribution in [0.1, 0.15) is 90.9 Å². The molecule has 0 aliphatic carbocycles. The van der Waals surface area contributed by atoms with E-state index in [0.29, 0.717) is 6.61 Å². The Balaban J connectivity index is 3.27. The predicted octanol–water partition coefficient (Wildman–Crippen LogP) is 6.20. The summed E-state index contributed by atoms with van der Waals surface area (Å²) in [5.74, 6) is 0. The van der Waals surface area contributed by atoms with Crippen LogP contribution in [0, 0.1) is 0 Å². The molecule has 23 heavy (non-hydrogen) atoms. The van der Waals surface area contributed by atoms with Crippen molar-refractivity contribution in [3.8, 4) is 0 Å². The summed E-state index contributed by atoms with van der Waals surface area (Å²) in [5.41, 5.74) is 0. The zero-order chi connectivity index (χ0) is 17.0. The van der Waals surface area contributed by atoms with Crippen molar-refractivity contribution in [1.29, 1.82) is 0 Å². The van der Waals surface area contributed by atoms with Gasteiger partial charge in [-0.3, -0.25) is 0 Å². The van der Waals surface area contributed by atoms with Crippen molar-refractivity contribution in [1.82, 2.24) is 0 Å². The average Bonchev–Trinajstić information content (AvgIpc) is 2.57. The number of hydrogen-bond donors (Lipinski definition) is 1. The number of ether oxygens (including phenoxy) is 1. The minimum atomic E-state index is 0.0537. The van der Waals surface area contributed by atoms with Crippen molar-refractivity contribution in [2.45, 2.75) is 97.0 Å². The van der Waals surface area contributed by atoms with Crippen molar-refractivity contribution in [3.05, 3.63) is 24.3 Å². The summed E-state index contributed by atoms with van der Waals surface area (Å²) in [6.07, 6.45) is 24.2. The monoisotopic (exact) mass is 324 g/mol. The van der Waals surface area contributed by atoms with Crippen LogP contribution in [0.25, 0.3) is 0 Å². The lowest BCUT2D eigenvalue weighted by Crippen LogP contribution is -2.17. The van der Waals surface area contributed by atoms with Crippen LogP contribution in [0.15, 0.2) is 24.3 Å². The van der Waals surface area contributed by atoms with Crippen LogP contribution in [-0.4, -0.2) is 24.4 Å². The van der Waals surface area contributed by atoms with Gasteiger partial charge in [0, 0.05) is 6.61 Å². The highest BCUT2D eigenvalue weighted by atomic mass is 16.5. The molecule has 0 saturated heterocycles. The highest BCUT2D eigenvalue weighted by molar-refractivity contribution is 4.92. The maximum absolute atomic E-state index is 9.13. The molecule has 136 valence electrons. The lowest BCUT2D eigenvalue weighted by Gasteiger charge is -2.13. The smallest absolute Gasteiger partial charge is 0.0805 e. The minimum Gasteiger partial charge on any atom is -0.394 e. The van der Waals surface area contributed by atoms with Crippen molar-refractivity contribution in [2.24, 2.45) is 0 Å². The van der Waals surface area contributed by atoms with Gasteiger partial charge >= 0.3 is 0 Å². The van der Waals surface area contributed by atoms with Gasteiger partial charge in [0.1, 0.15) is 0 Å². The summed E-state index contributed by atoms with van der Waals surface area (Å²) in [7, 11) is 0. The Morgan fingerprint density at radius 2 is 1.39 bits per heavy atom. The molecule has 0 aliphatic heterocycles. The third kappa shape index (κ3) is 17.6. The molecule has 0 fully saturated rings. The second-order valence-corrected chi connectivity index (χ2v) is 6.28. The standard InChI is InChI=1S/C21H40O2/c1-3-5-6-7-8-9-10-11-12-13-14-15-16-17-18-19-21(20-22)23-4-2/h8-9,11-12,21-22H,3-7,10,13-20H2,1-2H3. The van der Waals surface area contributed by atoms with Crippen LogP contribution in [0.3, 0.4) is 0 Å². The Kier molecular flexibility index (Phi) is 18.9. The molecule has 0 amide bonds. The number of unbranched alkanes of at least 4 members (excludes halogenated alkanes) is 8. The molecule has 0 saturated carbocycles. The van der Waals surface area contributed by atoms with Crippen LogP contribution < -0.4 is 0 Å². The number of rotatable bonds is 17. The van der Waals surface area contributed by atoms with E-state index >= 15 is 0 Å². The molecule has 0 aromatic heterocycles. The van der Waals surface area contributed by atoms with Gasteiger partial charge in [-0.1, -0.05) is 69.8 Å². The molecule has 1 atom stereocenters. The van der Waals surface area contributed by atoms with Gasteiger partial charge in [-0.15, -0.1) is 0 Å². The quantitative estimate of drug-likeness (QED) is 0.255. The van der Waals surface area contributed by atoms with E-state index in [1.807, 2.05) is 6.92 Å². The Labute approximate surface area is 145 Å². The third-order valence-electron chi connectivity index (χ3n) is 4.08. The first-order valence-corrected chi connectivity index (χ1v) is 9.87. The van der Waals surface area contributed by atoms with E-state index < -0.39 is 0 Å². The molecule has 0 aliphatic rings. The first kappa shape index (κ1) is 22.4. The zero-order valence-corrected chi connectivity index (χ0v) is 15.6. The molecule has 2 heteroatoms. The van der Waals surface area contributed by atoms with Gasteiger partial charge in [0.25, 0.3) is 0 Å². The Morgan fingerprint density at radius 3 is 2.00 bits per heavy atom. The summed E-state index contributed by atoms with van der Waals surface area (Å²) in [6.45, 7) is 5.09. The Morgan fingerprint density at radius 1 is 0.783 bits per heavy atom. The van der Waals surface area contributed by atoms with Crippen LogP contribution >= 0.6 is 0 Å². The molecular weight excluding hydrogens is 284 g/mol. The van der Waals surface area contributed by atoms with Gasteiger partial charge in [0.15, 0.2) is 0 Å². The van der Waals surface area contributed by atoms with E-state index in [4.69, 9.17) is 9.84 Å². The molecule has 0 aromatic carbocycles. The summed E-state index contributed by atoms with van der Waals surface area (Å²) in [6, 6.07) is 0. The normalized spacial score (nSPS) is 13.3. The maximum atomic E-state index is 9.13. The van der Waals surface area contributed by atoms with Gasteiger partial charge in [0.2, 0.25) is 0 Å². The first-order valence-electron chi connectivity index (χ1n) is 9.87.